The molecule has 6 nitrogen and oxygen atoms in total. The largest absolute Gasteiger partial charge is 0.505 e. The number of anilines is 1. The summed E-state index contributed by atoms with van der Waals surface area (Å²) >= 11 is 0. The van der Waals surface area contributed by atoms with E-state index in [1.54, 1.807) is 30.7 Å². The van der Waals surface area contributed by atoms with E-state index < -0.39 is 0 Å². The Hall–Kier alpha value is -3.93. The van der Waals surface area contributed by atoms with E-state index in [4.69, 9.17) is 4.74 Å². The number of carbonyl (C=O) groups is 1. The molecule has 4 aromatic rings. The van der Waals surface area contributed by atoms with E-state index in [2.05, 4.69) is 15.3 Å². The third-order valence-corrected chi connectivity index (χ3v) is 4.88. The van der Waals surface area contributed by atoms with E-state index in [1.165, 1.54) is 0 Å². The average molecular weight is 413 g/mol. The molecule has 4 rings (SSSR count). The fourth-order valence-electron chi connectivity index (χ4n) is 3.42. The van der Waals surface area contributed by atoms with Gasteiger partial charge in [0.1, 0.15) is 11.3 Å². The molecule has 31 heavy (non-hydrogen) atoms. The molecule has 0 aliphatic heterocycles. The number of aromatic nitrogens is 2. The molecule has 0 aliphatic rings. The van der Waals surface area contributed by atoms with Crippen LogP contribution < -0.4 is 5.32 Å². The summed E-state index contributed by atoms with van der Waals surface area (Å²) < 4.78 is 5.24. The third-order valence-electron chi connectivity index (χ3n) is 4.88. The van der Waals surface area contributed by atoms with Crippen molar-refractivity contribution < 1.29 is 14.6 Å². The highest BCUT2D eigenvalue weighted by Crippen LogP contribution is 2.36. The first-order valence-electron chi connectivity index (χ1n) is 10.1. The lowest BCUT2D eigenvalue weighted by atomic mass is 9.97. The van der Waals surface area contributed by atoms with Gasteiger partial charge in [0.25, 0.3) is 0 Å². The second-order valence-electron chi connectivity index (χ2n) is 7.47. The van der Waals surface area contributed by atoms with Crippen LogP contribution in [0.5, 0.6) is 5.75 Å². The van der Waals surface area contributed by atoms with Gasteiger partial charge in [-0.05, 0) is 55.8 Å². The monoisotopic (exact) mass is 413 g/mol. The minimum atomic E-state index is -0.367. The molecule has 156 valence electrons. The lowest BCUT2D eigenvalue weighted by molar-refractivity contribution is 0.0378. The molecule has 0 saturated heterocycles. The Kier molecular flexibility index (Phi) is 5.80. The van der Waals surface area contributed by atoms with E-state index in [9.17, 15) is 9.90 Å². The number of pyridine rings is 2. The van der Waals surface area contributed by atoms with Gasteiger partial charge in [-0.25, -0.2) is 4.79 Å². The van der Waals surface area contributed by atoms with Crippen LogP contribution in [0.25, 0.3) is 10.9 Å². The lowest BCUT2D eigenvalue weighted by Gasteiger charge is -2.22. The van der Waals surface area contributed by atoms with Crippen LogP contribution >= 0.6 is 0 Å². The predicted octanol–water partition coefficient (Wildman–Crippen LogP) is 5.10. The van der Waals surface area contributed by atoms with Crippen molar-refractivity contribution in [3.05, 3.63) is 95.9 Å². The van der Waals surface area contributed by atoms with Crippen LogP contribution in [-0.2, 0) is 4.74 Å². The molecule has 2 aromatic heterocycles. The number of phenolic OH excluding ortho intramolecular Hbond substituents is 1. The molecule has 2 N–H and O–H groups in total. The Labute approximate surface area is 180 Å². The topological polar surface area (TPSA) is 84.3 Å². The van der Waals surface area contributed by atoms with Gasteiger partial charge in [0.05, 0.1) is 17.7 Å². The van der Waals surface area contributed by atoms with Crippen molar-refractivity contribution in [3.63, 3.8) is 0 Å². The number of benzene rings is 2. The van der Waals surface area contributed by atoms with Crippen molar-refractivity contribution >= 4 is 22.6 Å². The van der Waals surface area contributed by atoms with Crippen molar-refractivity contribution in [2.24, 2.45) is 0 Å². The fraction of sp³-hybridized carbons (Fsp3) is 0.160. The molecular weight excluding hydrogens is 390 g/mol. The van der Waals surface area contributed by atoms with Crippen LogP contribution in [0.1, 0.15) is 41.4 Å². The van der Waals surface area contributed by atoms with Gasteiger partial charge in [0, 0.05) is 35.2 Å². The molecule has 0 saturated carbocycles. The lowest BCUT2D eigenvalue weighted by Crippen LogP contribution is -2.14. The third kappa shape index (κ3) is 4.48. The summed E-state index contributed by atoms with van der Waals surface area (Å²) in [4.78, 5) is 20.7. The number of esters is 1. The van der Waals surface area contributed by atoms with Crippen LogP contribution in [0.15, 0.2) is 79.3 Å². The molecule has 2 aromatic carbocycles. The highest BCUT2D eigenvalue weighted by atomic mass is 16.5. The quantitative estimate of drug-likeness (QED) is 0.428. The number of phenols is 1. The minimum Gasteiger partial charge on any atom is -0.505 e. The van der Waals surface area contributed by atoms with E-state index >= 15 is 0 Å². The Morgan fingerprint density at radius 2 is 1.77 bits per heavy atom. The number of aromatic hydroxyl groups is 1. The van der Waals surface area contributed by atoms with Gasteiger partial charge in [-0.2, -0.15) is 0 Å². The number of nitrogens with one attached hydrogen (secondary N) is 1. The standard InChI is InChI=1S/C25H23N3O3/c1-16(2)31-25(30)18-7-10-20(11-8-18)28-22(19-6-3-13-26-15-19)21-12-9-17-5-4-14-27-23(17)24(21)29/h3-16,22,28-29H,1-2H3. The molecular formula is C25H23N3O3. The van der Waals surface area contributed by atoms with E-state index in [-0.39, 0.29) is 23.9 Å². The normalized spacial score (nSPS) is 12.0. The van der Waals surface area contributed by atoms with Gasteiger partial charge in [-0.1, -0.05) is 24.3 Å². The van der Waals surface area contributed by atoms with Crippen LogP contribution in [0.2, 0.25) is 0 Å². The van der Waals surface area contributed by atoms with Gasteiger partial charge in [0.15, 0.2) is 0 Å². The summed E-state index contributed by atoms with van der Waals surface area (Å²) in [7, 11) is 0. The zero-order chi connectivity index (χ0) is 21.8. The number of rotatable bonds is 6. The summed E-state index contributed by atoms with van der Waals surface area (Å²) in [5.74, 6) is -0.236. The Morgan fingerprint density at radius 1 is 1.00 bits per heavy atom. The van der Waals surface area contributed by atoms with Gasteiger partial charge < -0.3 is 15.2 Å². The first-order valence-corrected chi connectivity index (χ1v) is 10.1. The number of hydrogen-bond donors (Lipinski definition) is 2. The molecule has 6 heteroatoms. The summed E-state index contributed by atoms with van der Waals surface area (Å²) in [6.45, 7) is 3.63. The Bertz CT molecular complexity index is 1190. The predicted molar refractivity (Wildman–Crippen MR) is 120 cm³/mol. The van der Waals surface area contributed by atoms with Crippen LogP contribution in [0, 0.1) is 0 Å². The minimum absolute atomic E-state index is 0.122. The molecule has 0 radical (unpaired) electrons. The first kappa shape index (κ1) is 20.3. The maximum Gasteiger partial charge on any atom is 0.338 e. The number of fused-ring (bicyclic) bond motifs is 1. The maximum atomic E-state index is 12.1. The van der Waals surface area contributed by atoms with Crippen LogP contribution in [0.4, 0.5) is 5.69 Å². The molecule has 0 fully saturated rings. The van der Waals surface area contributed by atoms with Gasteiger partial charge >= 0.3 is 5.97 Å². The zero-order valence-corrected chi connectivity index (χ0v) is 17.3. The number of hydrogen-bond acceptors (Lipinski definition) is 6. The van der Waals surface area contributed by atoms with Gasteiger partial charge in [-0.3, -0.25) is 9.97 Å². The first-order chi connectivity index (χ1) is 15.0. The molecule has 2 heterocycles. The second-order valence-corrected chi connectivity index (χ2v) is 7.47. The van der Waals surface area contributed by atoms with Crippen molar-refractivity contribution in [2.45, 2.75) is 26.0 Å². The van der Waals surface area contributed by atoms with Crippen LogP contribution in [0.3, 0.4) is 0 Å². The molecule has 0 amide bonds. The zero-order valence-electron chi connectivity index (χ0n) is 17.3. The van der Waals surface area contributed by atoms with Gasteiger partial charge in [0.2, 0.25) is 0 Å². The molecule has 1 unspecified atom stereocenters. The van der Waals surface area contributed by atoms with Crippen LogP contribution in [-0.4, -0.2) is 27.1 Å². The highest BCUT2D eigenvalue weighted by molar-refractivity contribution is 5.90. The van der Waals surface area contributed by atoms with Crippen molar-refractivity contribution in [3.8, 4) is 5.75 Å². The summed E-state index contributed by atoms with van der Waals surface area (Å²) in [6.07, 6.45) is 4.95. The SMILES string of the molecule is CC(C)OC(=O)c1ccc(NC(c2cccnc2)c2ccc3cccnc3c2O)cc1. The van der Waals surface area contributed by atoms with E-state index in [0.717, 1.165) is 16.6 Å². The molecule has 1 atom stereocenters. The smallest absolute Gasteiger partial charge is 0.338 e. The number of carbonyl (C=O) groups excluding carboxylic acids is 1. The second kappa shape index (κ2) is 8.83. The van der Waals surface area contributed by atoms with Crippen molar-refractivity contribution in [1.29, 1.82) is 0 Å². The van der Waals surface area contributed by atoms with E-state index in [1.807, 2.05) is 62.4 Å². The van der Waals surface area contributed by atoms with E-state index in [0.29, 0.717) is 16.6 Å². The Balaban J connectivity index is 1.69. The average Bonchev–Trinajstić information content (AvgIpc) is 2.79. The van der Waals surface area contributed by atoms with Crippen molar-refractivity contribution in [2.75, 3.05) is 5.32 Å². The number of nitrogens with zero attached hydrogens (tertiary/aromatic N) is 2. The van der Waals surface area contributed by atoms with Crippen molar-refractivity contribution in [1.82, 2.24) is 9.97 Å². The molecule has 0 spiro atoms. The highest BCUT2D eigenvalue weighted by Gasteiger charge is 2.20. The summed E-state index contributed by atoms with van der Waals surface area (Å²) in [5.41, 5.74) is 3.38. The number of ether oxygens (including phenoxy) is 1. The Morgan fingerprint density at radius 3 is 2.48 bits per heavy atom. The maximum absolute atomic E-state index is 12.1. The molecule has 0 aliphatic carbocycles. The summed E-state index contributed by atoms with van der Waals surface area (Å²) in [5, 5.41) is 15.3. The van der Waals surface area contributed by atoms with Gasteiger partial charge in [-0.15, -0.1) is 0 Å². The fourth-order valence-corrected chi connectivity index (χ4v) is 3.42. The molecule has 0 bridgehead atoms. The summed E-state index contributed by atoms with van der Waals surface area (Å²) in [6, 6.07) is 18.1.